The van der Waals surface area contributed by atoms with Crippen LogP contribution in [-0.4, -0.2) is 0 Å². The fraction of sp³-hybridized carbons (Fsp3) is 1.00. The number of rotatable bonds is 0. The molecule has 3 atom stereocenters. The summed E-state index contributed by atoms with van der Waals surface area (Å²) in [7, 11) is 0. The van der Waals surface area contributed by atoms with E-state index < -0.39 is 0 Å². The van der Waals surface area contributed by atoms with E-state index in [1.165, 1.54) is 19.3 Å². The van der Waals surface area contributed by atoms with Gasteiger partial charge in [0.1, 0.15) is 0 Å². The van der Waals surface area contributed by atoms with E-state index in [4.69, 9.17) is 0 Å². The summed E-state index contributed by atoms with van der Waals surface area (Å²) in [4.78, 5) is 0. The highest BCUT2D eigenvalue weighted by Gasteiger charge is 2.59. The van der Waals surface area contributed by atoms with Gasteiger partial charge in [-0.1, -0.05) is 27.7 Å². The van der Waals surface area contributed by atoms with Crippen LogP contribution in [0.2, 0.25) is 0 Å². The molecule has 64 valence electrons. The van der Waals surface area contributed by atoms with Crippen molar-refractivity contribution in [2.24, 2.45) is 22.7 Å². The van der Waals surface area contributed by atoms with Crippen LogP contribution in [0.4, 0.5) is 0 Å². The average molecular weight is 152 g/mol. The van der Waals surface area contributed by atoms with Crippen molar-refractivity contribution in [2.45, 2.75) is 47.0 Å². The Balaban J connectivity index is 2.22. The summed E-state index contributed by atoms with van der Waals surface area (Å²) >= 11 is 0. The first-order chi connectivity index (χ1) is 4.96. The molecular formula is C11H20. The van der Waals surface area contributed by atoms with Gasteiger partial charge in [-0.25, -0.2) is 0 Å². The second kappa shape index (κ2) is 1.84. The molecule has 0 heterocycles. The lowest BCUT2D eigenvalue weighted by atomic mass is 9.39. The third-order valence-corrected chi connectivity index (χ3v) is 4.76. The molecule has 3 aliphatic rings. The lowest BCUT2D eigenvalue weighted by Crippen LogP contribution is -2.57. The minimum absolute atomic E-state index is 0.652. The van der Waals surface area contributed by atoms with E-state index in [9.17, 15) is 0 Å². The Labute approximate surface area is 70.4 Å². The summed E-state index contributed by atoms with van der Waals surface area (Å²) in [5.74, 6) is 2.03. The van der Waals surface area contributed by atoms with Crippen molar-refractivity contribution < 1.29 is 0 Å². The molecule has 0 spiro atoms. The number of hydrogen-bond acceptors (Lipinski definition) is 0. The standard InChI is InChI=1S/C11H20/c1-8-5-9-7-11(4,6-8)10(9,2)3/h8-9H,5-7H2,1-4H3/t8-,9-,11+/m0/s1. The Morgan fingerprint density at radius 1 is 1.09 bits per heavy atom. The molecule has 0 heteroatoms. The quantitative estimate of drug-likeness (QED) is 0.498. The van der Waals surface area contributed by atoms with Gasteiger partial charge in [0, 0.05) is 0 Å². The Hall–Kier alpha value is 0. The molecule has 0 unspecified atom stereocenters. The first-order valence-corrected chi connectivity index (χ1v) is 4.96. The maximum Gasteiger partial charge on any atom is -0.0267 e. The van der Waals surface area contributed by atoms with Gasteiger partial charge in [0.15, 0.2) is 0 Å². The molecule has 2 bridgehead atoms. The maximum absolute atomic E-state index is 2.49. The molecule has 3 saturated carbocycles. The van der Waals surface area contributed by atoms with Crippen molar-refractivity contribution in [1.29, 1.82) is 0 Å². The second-order valence-corrected chi connectivity index (χ2v) is 5.73. The lowest BCUT2D eigenvalue weighted by molar-refractivity contribution is -0.165. The van der Waals surface area contributed by atoms with Crippen molar-refractivity contribution in [2.75, 3.05) is 0 Å². The minimum atomic E-state index is 0.652. The summed E-state index contributed by atoms with van der Waals surface area (Å²) < 4.78 is 0. The van der Waals surface area contributed by atoms with Crippen LogP contribution in [0, 0.1) is 22.7 Å². The fourth-order valence-corrected chi connectivity index (χ4v) is 3.49. The topological polar surface area (TPSA) is 0 Å². The van der Waals surface area contributed by atoms with E-state index in [1.807, 2.05) is 0 Å². The number of fused-ring (bicyclic) bond motifs is 2. The molecule has 0 aromatic rings. The molecule has 11 heavy (non-hydrogen) atoms. The van der Waals surface area contributed by atoms with Crippen LogP contribution in [-0.2, 0) is 0 Å². The van der Waals surface area contributed by atoms with Crippen LogP contribution < -0.4 is 0 Å². The van der Waals surface area contributed by atoms with Crippen LogP contribution in [0.5, 0.6) is 0 Å². The zero-order valence-corrected chi connectivity index (χ0v) is 8.28. The van der Waals surface area contributed by atoms with Crippen LogP contribution >= 0.6 is 0 Å². The van der Waals surface area contributed by atoms with E-state index in [0.717, 1.165) is 11.8 Å². The highest BCUT2D eigenvalue weighted by atomic mass is 14.6. The normalized spacial score (nSPS) is 53.5. The molecule has 0 nitrogen and oxygen atoms in total. The van der Waals surface area contributed by atoms with E-state index in [0.29, 0.717) is 10.8 Å². The van der Waals surface area contributed by atoms with Gasteiger partial charge in [-0.05, 0) is 41.9 Å². The molecule has 0 saturated heterocycles. The molecule has 3 aliphatic carbocycles. The van der Waals surface area contributed by atoms with Crippen LogP contribution in [0.15, 0.2) is 0 Å². The summed E-state index contributed by atoms with van der Waals surface area (Å²) in [6, 6.07) is 0. The highest BCUT2D eigenvalue weighted by Crippen LogP contribution is 2.68. The molecule has 0 N–H and O–H groups in total. The van der Waals surface area contributed by atoms with Crippen molar-refractivity contribution in [3.05, 3.63) is 0 Å². The average Bonchev–Trinajstić information content (AvgIpc) is 1.85. The molecule has 3 rings (SSSR count). The molecule has 0 aromatic carbocycles. The van der Waals surface area contributed by atoms with Gasteiger partial charge in [-0.2, -0.15) is 0 Å². The summed E-state index contributed by atoms with van der Waals surface area (Å²) in [5.41, 5.74) is 1.34. The van der Waals surface area contributed by atoms with Gasteiger partial charge in [0.25, 0.3) is 0 Å². The molecule has 0 radical (unpaired) electrons. The molecular weight excluding hydrogens is 132 g/mol. The van der Waals surface area contributed by atoms with Gasteiger partial charge in [-0.15, -0.1) is 0 Å². The van der Waals surface area contributed by atoms with E-state index in [2.05, 4.69) is 27.7 Å². The lowest BCUT2D eigenvalue weighted by Gasteiger charge is -2.66. The van der Waals surface area contributed by atoms with Gasteiger partial charge >= 0.3 is 0 Å². The van der Waals surface area contributed by atoms with E-state index in [1.54, 1.807) is 0 Å². The highest BCUT2D eigenvalue weighted by molar-refractivity contribution is 5.09. The van der Waals surface area contributed by atoms with Crippen molar-refractivity contribution in [3.63, 3.8) is 0 Å². The van der Waals surface area contributed by atoms with Crippen molar-refractivity contribution in [1.82, 2.24) is 0 Å². The van der Waals surface area contributed by atoms with Crippen molar-refractivity contribution >= 4 is 0 Å². The summed E-state index contributed by atoms with van der Waals surface area (Å²) in [6.45, 7) is 9.83. The van der Waals surface area contributed by atoms with E-state index in [-0.39, 0.29) is 0 Å². The first-order valence-electron chi connectivity index (χ1n) is 4.96. The molecule has 0 aromatic heterocycles. The van der Waals surface area contributed by atoms with Gasteiger partial charge in [0.05, 0.1) is 0 Å². The fourth-order valence-electron chi connectivity index (χ4n) is 3.49. The third kappa shape index (κ3) is 0.761. The second-order valence-electron chi connectivity index (χ2n) is 5.73. The largest absolute Gasteiger partial charge is 0.0625 e. The van der Waals surface area contributed by atoms with Crippen LogP contribution in [0.3, 0.4) is 0 Å². The Bertz CT molecular complexity index is 178. The monoisotopic (exact) mass is 152 g/mol. The summed E-state index contributed by atoms with van der Waals surface area (Å²) in [5, 5.41) is 0. The zero-order chi connectivity index (χ0) is 8.28. The Morgan fingerprint density at radius 2 is 1.73 bits per heavy atom. The van der Waals surface area contributed by atoms with E-state index >= 15 is 0 Å². The van der Waals surface area contributed by atoms with Crippen LogP contribution in [0.25, 0.3) is 0 Å². The summed E-state index contributed by atoms with van der Waals surface area (Å²) in [6.07, 6.45) is 4.46. The Kier molecular flexibility index (Phi) is 1.28. The van der Waals surface area contributed by atoms with Gasteiger partial charge in [-0.3, -0.25) is 0 Å². The Morgan fingerprint density at radius 3 is 2.09 bits per heavy atom. The maximum atomic E-state index is 2.49. The predicted molar refractivity (Wildman–Crippen MR) is 48.4 cm³/mol. The zero-order valence-electron chi connectivity index (χ0n) is 8.28. The third-order valence-electron chi connectivity index (χ3n) is 4.76. The smallest absolute Gasteiger partial charge is 0.0267 e. The molecule has 0 aliphatic heterocycles. The van der Waals surface area contributed by atoms with Gasteiger partial charge < -0.3 is 0 Å². The van der Waals surface area contributed by atoms with Crippen molar-refractivity contribution in [3.8, 4) is 0 Å². The van der Waals surface area contributed by atoms with Crippen LogP contribution in [0.1, 0.15) is 47.0 Å². The molecule has 3 fully saturated rings. The SMILES string of the molecule is C[C@H]1C[C@H]2C[C@@](C)(C1)C2(C)C. The van der Waals surface area contributed by atoms with Gasteiger partial charge in [0.2, 0.25) is 0 Å². The predicted octanol–water partition coefficient (Wildman–Crippen LogP) is 3.47. The molecule has 0 amide bonds. The number of hydrogen-bond donors (Lipinski definition) is 0. The minimum Gasteiger partial charge on any atom is -0.0625 e. The first kappa shape index (κ1) is 7.64.